The summed E-state index contributed by atoms with van der Waals surface area (Å²) in [6, 6.07) is 6.98. The van der Waals surface area contributed by atoms with Gasteiger partial charge in [-0.1, -0.05) is 26.8 Å². The fourth-order valence-electron chi connectivity index (χ4n) is 1.13. The van der Waals surface area contributed by atoms with Crippen LogP contribution in [0, 0.1) is 5.41 Å². The number of nitrogens with one attached hydrogen (secondary N) is 1. The van der Waals surface area contributed by atoms with Crippen LogP contribution in [0.1, 0.15) is 31.1 Å². The molecule has 4 heteroatoms. The summed E-state index contributed by atoms with van der Waals surface area (Å²) in [5.74, 6) is -0.0720. The first-order valence-corrected chi connectivity index (χ1v) is 5.02. The number of rotatable bonds is 2. The van der Waals surface area contributed by atoms with E-state index in [9.17, 15) is 4.79 Å². The van der Waals surface area contributed by atoms with E-state index in [-0.39, 0.29) is 23.7 Å². The Kier molecular flexibility index (Phi) is 5.31. The third-order valence-corrected chi connectivity index (χ3v) is 1.93. The van der Waals surface area contributed by atoms with Crippen molar-refractivity contribution in [3.8, 4) is 0 Å². The van der Waals surface area contributed by atoms with Crippen LogP contribution in [0.2, 0.25) is 0 Å². The second-order valence-electron chi connectivity index (χ2n) is 4.87. The van der Waals surface area contributed by atoms with Crippen LogP contribution in [0.15, 0.2) is 24.3 Å². The summed E-state index contributed by atoms with van der Waals surface area (Å²) in [7, 11) is 0. The molecule has 3 nitrogen and oxygen atoms in total. The number of hydrogen-bond donors (Lipinski definition) is 2. The number of nitrogen functional groups attached to an aromatic ring is 1. The first-order valence-electron chi connectivity index (χ1n) is 5.02. The summed E-state index contributed by atoms with van der Waals surface area (Å²) in [5, 5.41) is 2.87. The van der Waals surface area contributed by atoms with Crippen molar-refractivity contribution in [3.05, 3.63) is 29.8 Å². The molecule has 1 amide bonds. The minimum Gasteiger partial charge on any atom is -0.399 e. The maximum absolute atomic E-state index is 11.7. The lowest BCUT2D eigenvalue weighted by Gasteiger charge is -2.18. The molecule has 16 heavy (non-hydrogen) atoms. The standard InChI is InChI=1S/C12H18N2O.ClH/c1-12(2,3)8-14-11(15)9-5-4-6-10(13)7-9;/h4-7H,8,13H2,1-3H3,(H,14,15);1H. The van der Waals surface area contributed by atoms with Crippen LogP contribution in [-0.2, 0) is 0 Å². The van der Waals surface area contributed by atoms with Gasteiger partial charge in [0.05, 0.1) is 0 Å². The molecule has 0 aliphatic heterocycles. The van der Waals surface area contributed by atoms with E-state index in [0.717, 1.165) is 0 Å². The second kappa shape index (κ2) is 5.75. The predicted molar refractivity (Wildman–Crippen MR) is 69.9 cm³/mol. The van der Waals surface area contributed by atoms with Gasteiger partial charge >= 0.3 is 0 Å². The highest BCUT2D eigenvalue weighted by molar-refractivity contribution is 5.94. The van der Waals surface area contributed by atoms with Crippen molar-refractivity contribution in [2.45, 2.75) is 20.8 Å². The number of amides is 1. The predicted octanol–water partition coefficient (Wildman–Crippen LogP) is 2.47. The van der Waals surface area contributed by atoms with Crippen molar-refractivity contribution in [2.24, 2.45) is 5.41 Å². The number of hydrogen-bond acceptors (Lipinski definition) is 2. The van der Waals surface area contributed by atoms with Gasteiger partial charge in [0.25, 0.3) is 5.91 Å². The third kappa shape index (κ3) is 5.03. The maximum Gasteiger partial charge on any atom is 0.251 e. The molecule has 1 rings (SSSR count). The van der Waals surface area contributed by atoms with Crippen molar-refractivity contribution in [1.29, 1.82) is 0 Å². The fraction of sp³-hybridized carbons (Fsp3) is 0.417. The molecule has 0 saturated carbocycles. The molecule has 0 fully saturated rings. The van der Waals surface area contributed by atoms with E-state index in [1.165, 1.54) is 0 Å². The van der Waals surface area contributed by atoms with E-state index in [0.29, 0.717) is 17.8 Å². The Hall–Kier alpha value is -1.22. The van der Waals surface area contributed by atoms with Crippen LogP contribution in [-0.4, -0.2) is 12.5 Å². The van der Waals surface area contributed by atoms with Crippen LogP contribution >= 0.6 is 12.4 Å². The Morgan fingerprint density at radius 3 is 2.50 bits per heavy atom. The highest BCUT2D eigenvalue weighted by Gasteiger charge is 2.12. The van der Waals surface area contributed by atoms with Crippen LogP contribution in [0.25, 0.3) is 0 Å². The summed E-state index contributed by atoms with van der Waals surface area (Å²) >= 11 is 0. The van der Waals surface area contributed by atoms with E-state index in [4.69, 9.17) is 5.73 Å². The lowest BCUT2D eigenvalue weighted by Crippen LogP contribution is -2.32. The Morgan fingerprint density at radius 2 is 2.00 bits per heavy atom. The molecule has 1 aromatic carbocycles. The van der Waals surface area contributed by atoms with Crippen molar-refractivity contribution in [2.75, 3.05) is 12.3 Å². The van der Waals surface area contributed by atoms with Crippen LogP contribution in [0.3, 0.4) is 0 Å². The molecule has 90 valence electrons. The van der Waals surface area contributed by atoms with Gasteiger partial charge in [-0.05, 0) is 23.6 Å². The molecule has 0 unspecified atom stereocenters. The smallest absolute Gasteiger partial charge is 0.251 e. The van der Waals surface area contributed by atoms with Crippen LogP contribution in [0.5, 0.6) is 0 Å². The van der Waals surface area contributed by atoms with Gasteiger partial charge in [0.15, 0.2) is 0 Å². The fourth-order valence-corrected chi connectivity index (χ4v) is 1.13. The van der Waals surface area contributed by atoms with E-state index in [2.05, 4.69) is 26.1 Å². The topological polar surface area (TPSA) is 55.1 Å². The summed E-state index contributed by atoms with van der Waals surface area (Å²) < 4.78 is 0. The molecule has 0 saturated heterocycles. The van der Waals surface area contributed by atoms with Gasteiger partial charge in [-0.25, -0.2) is 0 Å². The zero-order chi connectivity index (χ0) is 11.5. The minimum absolute atomic E-state index is 0. The summed E-state index contributed by atoms with van der Waals surface area (Å²) in [4.78, 5) is 11.7. The quantitative estimate of drug-likeness (QED) is 0.783. The second-order valence-corrected chi connectivity index (χ2v) is 4.87. The molecule has 0 aliphatic rings. The van der Waals surface area contributed by atoms with Crippen molar-refractivity contribution in [3.63, 3.8) is 0 Å². The van der Waals surface area contributed by atoms with Gasteiger partial charge in [-0.15, -0.1) is 12.4 Å². The van der Waals surface area contributed by atoms with Gasteiger partial charge in [-0.3, -0.25) is 4.79 Å². The first-order chi connectivity index (χ1) is 6.88. The highest BCUT2D eigenvalue weighted by atomic mass is 35.5. The zero-order valence-electron chi connectivity index (χ0n) is 9.91. The molecule has 0 spiro atoms. The molecule has 0 atom stereocenters. The van der Waals surface area contributed by atoms with E-state index >= 15 is 0 Å². The Morgan fingerprint density at radius 1 is 1.38 bits per heavy atom. The summed E-state index contributed by atoms with van der Waals surface area (Å²) in [5.41, 5.74) is 6.91. The average molecular weight is 243 g/mol. The van der Waals surface area contributed by atoms with E-state index in [1.54, 1.807) is 24.3 Å². The summed E-state index contributed by atoms with van der Waals surface area (Å²) in [6.45, 7) is 6.88. The molecule has 1 aromatic rings. The van der Waals surface area contributed by atoms with Crippen molar-refractivity contribution < 1.29 is 4.79 Å². The van der Waals surface area contributed by atoms with Crippen LogP contribution < -0.4 is 11.1 Å². The number of carbonyl (C=O) groups excluding carboxylic acids is 1. The Bertz CT molecular complexity index is 358. The first kappa shape index (κ1) is 14.8. The summed E-state index contributed by atoms with van der Waals surface area (Å²) in [6.07, 6.45) is 0. The van der Waals surface area contributed by atoms with Gasteiger partial charge in [0.1, 0.15) is 0 Å². The Labute approximate surface area is 103 Å². The monoisotopic (exact) mass is 242 g/mol. The van der Waals surface area contributed by atoms with Crippen molar-refractivity contribution >= 4 is 24.0 Å². The van der Waals surface area contributed by atoms with Gasteiger partial charge < -0.3 is 11.1 Å². The van der Waals surface area contributed by atoms with Gasteiger partial charge in [0, 0.05) is 17.8 Å². The van der Waals surface area contributed by atoms with Crippen LogP contribution in [0.4, 0.5) is 5.69 Å². The maximum atomic E-state index is 11.7. The number of nitrogens with two attached hydrogens (primary N) is 1. The molecule has 0 aliphatic carbocycles. The average Bonchev–Trinajstić information content (AvgIpc) is 2.13. The highest BCUT2D eigenvalue weighted by Crippen LogP contribution is 2.11. The molecule has 0 radical (unpaired) electrons. The molecule has 0 aromatic heterocycles. The van der Waals surface area contributed by atoms with E-state index in [1.807, 2.05) is 0 Å². The lowest BCUT2D eigenvalue weighted by atomic mass is 9.97. The minimum atomic E-state index is -0.0720. The molecular formula is C12H19ClN2O. The lowest BCUT2D eigenvalue weighted by molar-refractivity contribution is 0.0939. The SMILES string of the molecule is CC(C)(C)CNC(=O)c1cccc(N)c1.Cl. The Balaban J connectivity index is 0.00000225. The normalized spacial score (nSPS) is 10.4. The molecular weight excluding hydrogens is 224 g/mol. The number of halogens is 1. The van der Waals surface area contributed by atoms with Gasteiger partial charge in [-0.2, -0.15) is 0 Å². The molecule has 0 heterocycles. The number of anilines is 1. The third-order valence-electron chi connectivity index (χ3n) is 1.93. The van der Waals surface area contributed by atoms with E-state index < -0.39 is 0 Å². The van der Waals surface area contributed by atoms with Crippen molar-refractivity contribution in [1.82, 2.24) is 5.32 Å². The molecule has 3 N–H and O–H groups in total. The van der Waals surface area contributed by atoms with Gasteiger partial charge in [0.2, 0.25) is 0 Å². The number of benzene rings is 1. The zero-order valence-corrected chi connectivity index (χ0v) is 10.7. The molecule has 0 bridgehead atoms. The number of carbonyl (C=O) groups is 1. The largest absolute Gasteiger partial charge is 0.399 e.